The number of benzene rings is 1. The van der Waals surface area contributed by atoms with Crippen molar-refractivity contribution in [1.82, 2.24) is 5.32 Å². The summed E-state index contributed by atoms with van der Waals surface area (Å²) in [6.45, 7) is 2.47. The van der Waals surface area contributed by atoms with Gasteiger partial charge in [-0.3, -0.25) is 4.79 Å². The molecule has 0 aliphatic carbocycles. The molecule has 1 unspecified atom stereocenters. The Morgan fingerprint density at radius 3 is 2.71 bits per heavy atom. The first-order chi connectivity index (χ1) is 8.17. The van der Waals surface area contributed by atoms with E-state index < -0.39 is 12.0 Å². The van der Waals surface area contributed by atoms with Gasteiger partial charge in [-0.15, -0.1) is 0 Å². The predicted octanol–water partition coefficient (Wildman–Crippen LogP) is 1.52. The molecule has 0 radical (unpaired) electrons. The summed E-state index contributed by atoms with van der Waals surface area (Å²) in [7, 11) is 0. The maximum absolute atomic E-state index is 10.9. The van der Waals surface area contributed by atoms with E-state index in [2.05, 4.69) is 5.32 Å². The van der Waals surface area contributed by atoms with Crippen molar-refractivity contribution < 1.29 is 15.0 Å². The van der Waals surface area contributed by atoms with Crippen molar-refractivity contribution in [2.24, 2.45) is 0 Å². The molecule has 0 spiro atoms. The average molecular weight is 237 g/mol. The lowest BCUT2D eigenvalue weighted by molar-refractivity contribution is -0.139. The molecule has 0 bridgehead atoms. The van der Waals surface area contributed by atoms with E-state index in [0.29, 0.717) is 13.0 Å². The fourth-order valence-corrected chi connectivity index (χ4v) is 1.68. The Bertz CT molecular complexity index is 365. The zero-order valence-corrected chi connectivity index (χ0v) is 10.0. The summed E-state index contributed by atoms with van der Waals surface area (Å²) < 4.78 is 0. The standard InChI is InChI=1S/C13H19NO3/c1-2-4-12(13(16)17)14-8-10-5-3-6-11(7-10)9-15/h3,5-7,12,14-15H,2,4,8-9H2,1H3,(H,16,17). The van der Waals surface area contributed by atoms with Gasteiger partial charge >= 0.3 is 5.97 Å². The highest BCUT2D eigenvalue weighted by Gasteiger charge is 2.14. The predicted molar refractivity (Wildman–Crippen MR) is 65.5 cm³/mol. The van der Waals surface area contributed by atoms with Crippen molar-refractivity contribution in [3.8, 4) is 0 Å². The Balaban J connectivity index is 2.55. The van der Waals surface area contributed by atoms with E-state index in [1.807, 2.05) is 31.2 Å². The first-order valence-electron chi connectivity index (χ1n) is 5.82. The first kappa shape index (κ1) is 13.7. The molecule has 17 heavy (non-hydrogen) atoms. The molecule has 0 saturated carbocycles. The van der Waals surface area contributed by atoms with Gasteiger partial charge in [0.2, 0.25) is 0 Å². The molecule has 1 aromatic rings. The largest absolute Gasteiger partial charge is 0.480 e. The summed E-state index contributed by atoms with van der Waals surface area (Å²) in [6, 6.07) is 6.98. The molecular formula is C13H19NO3. The van der Waals surface area contributed by atoms with Gasteiger partial charge in [0.15, 0.2) is 0 Å². The molecule has 0 amide bonds. The van der Waals surface area contributed by atoms with E-state index in [1.165, 1.54) is 0 Å². The number of carboxylic acid groups (broad SMARTS) is 1. The topological polar surface area (TPSA) is 69.6 Å². The second-order valence-electron chi connectivity index (χ2n) is 4.04. The third kappa shape index (κ3) is 4.54. The minimum Gasteiger partial charge on any atom is -0.480 e. The molecule has 0 heterocycles. The van der Waals surface area contributed by atoms with Crippen LogP contribution in [0.25, 0.3) is 0 Å². The number of aliphatic hydroxyl groups is 1. The number of hydrogen-bond acceptors (Lipinski definition) is 3. The van der Waals surface area contributed by atoms with Gasteiger partial charge in [-0.05, 0) is 17.5 Å². The number of carbonyl (C=O) groups is 1. The normalized spacial score (nSPS) is 12.4. The average Bonchev–Trinajstić information content (AvgIpc) is 2.34. The maximum atomic E-state index is 10.9. The summed E-state index contributed by atoms with van der Waals surface area (Å²) in [5.41, 5.74) is 1.82. The van der Waals surface area contributed by atoms with E-state index in [0.717, 1.165) is 17.5 Å². The second-order valence-corrected chi connectivity index (χ2v) is 4.04. The molecule has 4 nitrogen and oxygen atoms in total. The fourth-order valence-electron chi connectivity index (χ4n) is 1.68. The Morgan fingerprint density at radius 2 is 2.12 bits per heavy atom. The van der Waals surface area contributed by atoms with Crippen LogP contribution in [0.15, 0.2) is 24.3 Å². The highest BCUT2D eigenvalue weighted by molar-refractivity contribution is 5.73. The molecule has 94 valence electrons. The Kier molecular flexibility index (Phi) is 5.66. The summed E-state index contributed by atoms with van der Waals surface area (Å²) in [4.78, 5) is 10.9. The molecule has 0 saturated heterocycles. The second kappa shape index (κ2) is 7.04. The smallest absolute Gasteiger partial charge is 0.320 e. The minimum absolute atomic E-state index is 0.00512. The fraction of sp³-hybridized carbons (Fsp3) is 0.462. The Morgan fingerprint density at radius 1 is 1.41 bits per heavy atom. The molecule has 0 fully saturated rings. The van der Waals surface area contributed by atoms with Crippen LogP contribution in [-0.2, 0) is 17.9 Å². The van der Waals surface area contributed by atoms with Crippen molar-refractivity contribution in [1.29, 1.82) is 0 Å². The monoisotopic (exact) mass is 237 g/mol. The van der Waals surface area contributed by atoms with Crippen molar-refractivity contribution in [3.05, 3.63) is 35.4 Å². The number of nitrogens with one attached hydrogen (secondary N) is 1. The highest BCUT2D eigenvalue weighted by atomic mass is 16.4. The van der Waals surface area contributed by atoms with Crippen LogP contribution < -0.4 is 5.32 Å². The number of aliphatic carboxylic acids is 1. The lowest BCUT2D eigenvalue weighted by atomic mass is 10.1. The molecule has 0 aliphatic rings. The number of carboxylic acids is 1. The van der Waals surface area contributed by atoms with E-state index in [4.69, 9.17) is 10.2 Å². The Hall–Kier alpha value is -1.39. The lowest BCUT2D eigenvalue weighted by Crippen LogP contribution is -2.35. The summed E-state index contributed by atoms with van der Waals surface area (Å²) in [6.07, 6.45) is 1.45. The molecule has 0 aliphatic heterocycles. The van der Waals surface area contributed by atoms with E-state index in [1.54, 1.807) is 0 Å². The van der Waals surface area contributed by atoms with Crippen LogP contribution in [0, 0.1) is 0 Å². The molecule has 0 aromatic heterocycles. The highest BCUT2D eigenvalue weighted by Crippen LogP contribution is 2.06. The van der Waals surface area contributed by atoms with Crippen molar-refractivity contribution >= 4 is 5.97 Å². The number of rotatable bonds is 7. The molecular weight excluding hydrogens is 218 g/mol. The van der Waals surface area contributed by atoms with Gasteiger partial charge < -0.3 is 15.5 Å². The van der Waals surface area contributed by atoms with Gasteiger partial charge in [0.25, 0.3) is 0 Å². The summed E-state index contributed by atoms with van der Waals surface area (Å²) >= 11 is 0. The van der Waals surface area contributed by atoms with Crippen LogP contribution in [-0.4, -0.2) is 22.2 Å². The van der Waals surface area contributed by atoms with Gasteiger partial charge in [0.05, 0.1) is 6.61 Å². The number of aliphatic hydroxyl groups excluding tert-OH is 1. The van der Waals surface area contributed by atoms with Crippen molar-refractivity contribution in [3.63, 3.8) is 0 Å². The van der Waals surface area contributed by atoms with E-state index in [-0.39, 0.29) is 6.61 Å². The molecule has 4 heteroatoms. The van der Waals surface area contributed by atoms with Gasteiger partial charge in [0, 0.05) is 6.54 Å². The quantitative estimate of drug-likeness (QED) is 0.672. The lowest BCUT2D eigenvalue weighted by Gasteiger charge is -2.13. The molecule has 3 N–H and O–H groups in total. The minimum atomic E-state index is -0.815. The van der Waals surface area contributed by atoms with Crippen LogP contribution in [0.3, 0.4) is 0 Å². The maximum Gasteiger partial charge on any atom is 0.320 e. The third-order valence-electron chi connectivity index (χ3n) is 2.60. The van der Waals surface area contributed by atoms with Crippen LogP contribution >= 0.6 is 0 Å². The van der Waals surface area contributed by atoms with Gasteiger partial charge in [-0.1, -0.05) is 37.6 Å². The third-order valence-corrected chi connectivity index (χ3v) is 2.60. The van der Waals surface area contributed by atoms with Gasteiger partial charge in [0.1, 0.15) is 6.04 Å². The summed E-state index contributed by atoms with van der Waals surface area (Å²) in [5.74, 6) is -0.815. The molecule has 1 atom stereocenters. The summed E-state index contributed by atoms with van der Waals surface area (Å²) in [5, 5.41) is 21.0. The Labute approximate surface area is 101 Å². The molecule has 1 rings (SSSR count). The van der Waals surface area contributed by atoms with Crippen molar-refractivity contribution in [2.45, 2.75) is 39.0 Å². The van der Waals surface area contributed by atoms with Crippen molar-refractivity contribution in [2.75, 3.05) is 0 Å². The first-order valence-corrected chi connectivity index (χ1v) is 5.82. The van der Waals surface area contributed by atoms with Crippen LogP contribution in [0.5, 0.6) is 0 Å². The number of hydrogen-bond donors (Lipinski definition) is 3. The van der Waals surface area contributed by atoms with E-state index in [9.17, 15) is 4.79 Å². The van der Waals surface area contributed by atoms with Crippen LogP contribution in [0.1, 0.15) is 30.9 Å². The van der Waals surface area contributed by atoms with Crippen LogP contribution in [0.4, 0.5) is 0 Å². The van der Waals surface area contributed by atoms with Gasteiger partial charge in [-0.2, -0.15) is 0 Å². The van der Waals surface area contributed by atoms with E-state index >= 15 is 0 Å². The zero-order valence-electron chi connectivity index (χ0n) is 10.0. The van der Waals surface area contributed by atoms with Crippen LogP contribution in [0.2, 0.25) is 0 Å². The van der Waals surface area contributed by atoms with Gasteiger partial charge in [-0.25, -0.2) is 0 Å². The zero-order chi connectivity index (χ0) is 12.7. The SMILES string of the molecule is CCCC(NCc1cccc(CO)c1)C(=O)O. The molecule has 1 aromatic carbocycles.